The third kappa shape index (κ3) is 2.06. The van der Waals surface area contributed by atoms with Crippen molar-refractivity contribution in [2.75, 3.05) is 12.8 Å². The number of ether oxygens (including phenoxy) is 1. The molecule has 0 saturated heterocycles. The van der Waals surface area contributed by atoms with Crippen LogP contribution >= 0.6 is 0 Å². The summed E-state index contributed by atoms with van der Waals surface area (Å²) >= 11 is 0. The maximum absolute atomic E-state index is 12.1. The fraction of sp³-hybridized carbons (Fsp3) is 0.538. The quantitative estimate of drug-likeness (QED) is 0.844. The number of pyridine rings is 1. The molecule has 5 nitrogen and oxygen atoms in total. The minimum atomic E-state index is -0.222. The van der Waals surface area contributed by atoms with Gasteiger partial charge in [0.2, 0.25) is 0 Å². The summed E-state index contributed by atoms with van der Waals surface area (Å²) in [6, 6.07) is 3.47. The molecule has 0 aliphatic heterocycles. The summed E-state index contributed by atoms with van der Waals surface area (Å²) in [5, 5.41) is 2.97. The lowest BCUT2D eigenvalue weighted by Gasteiger charge is -2.51. The normalized spacial score (nSPS) is 25.3. The molecule has 1 aliphatic rings. The van der Waals surface area contributed by atoms with E-state index in [0.717, 1.165) is 6.42 Å². The fourth-order valence-electron chi connectivity index (χ4n) is 2.36. The molecule has 18 heavy (non-hydrogen) atoms. The van der Waals surface area contributed by atoms with Gasteiger partial charge in [0.1, 0.15) is 0 Å². The highest BCUT2D eigenvalue weighted by Gasteiger charge is 2.49. The van der Waals surface area contributed by atoms with Gasteiger partial charge in [-0.2, -0.15) is 0 Å². The van der Waals surface area contributed by atoms with Crippen LogP contribution in [0.1, 0.15) is 30.8 Å². The first-order valence-corrected chi connectivity index (χ1v) is 6.01. The second kappa shape index (κ2) is 4.57. The molecule has 1 fully saturated rings. The van der Waals surface area contributed by atoms with Crippen LogP contribution in [0.3, 0.4) is 0 Å². The van der Waals surface area contributed by atoms with Gasteiger partial charge in [-0.05, 0) is 18.6 Å². The monoisotopic (exact) mass is 249 g/mol. The van der Waals surface area contributed by atoms with Crippen LogP contribution in [0.25, 0.3) is 0 Å². The van der Waals surface area contributed by atoms with E-state index in [1.807, 2.05) is 0 Å². The van der Waals surface area contributed by atoms with E-state index in [4.69, 9.17) is 10.5 Å². The van der Waals surface area contributed by atoms with Crippen molar-refractivity contribution in [1.82, 2.24) is 10.3 Å². The molecule has 0 aromatic carbocycles. The third-order valence-corrected chi connectivity index (χ3v) is 3.82. The van der Waals surface area contributed by atoms with Crippen molar-refractivity contribution in [3.05, 3.63) is 24.0 Å². The van der Waals surface area contributed by atoms with Crippen molar-refractivity contribution < 1.29 is 9.53 Å². The first kappa shape index (κ1) is 12.8. The van der Waals surface area contributed by atoms with E-state index in [1.54, 1.807) is 25.4 Å². The van der Waals surface area contributed by atoms with Gasteiger partial charge in [-0.15, -0.1) is 0 Å². The Kier molecular flexibility index (Phi) is 3.26. The molecule has 0 bridgehead atoms. The van der Waals surface area contributed by atoms with Gasteiger partial charge in [-0.25, -0.2) is 4.98 Å². The molecule has 2 unspecified atom stereocenters. The number of nitrogens with one attached hydrogen (secondary N) is 1. The summed E-state index contributed by atoms with van der Waals surface area (Å²) in [5.41, 5.74) is 6.35. The second-order valence-corrected chi connectivity index (χ2v) is 5.25. The van der Waals surface area contributed by atoms with Gasteiger partial charge in [0, 0.05) is 24.8 Å². The number of aromatic nitrogens is 1. The zero-order valence-corrected chi connectivity index (χ0v) is 10.9. The Morgan fingerprint density at radius 1 is 1.61 bits per heavy atom. The van der Waals surface area contributed by atoms with Crippen LogP contribution < -0.4 is 11.1 Å². The van der Waals surface area contributed by atoms with Crippen molar-refractivity contribution in [3.8, 4) is 0 Å². The lowest BCUT2D eigenvalue weighted by atomic mass is 9.64. The number of carbonyl (C=O) groups excluding carboxylic acids is 1. The van der Waals surface area contributed by atoms with E-state index in [-0.39, 0.29) is 29.2 Å². The number of hydrogen-bond donors (Lipinski definition) is 2. The molecule has 1 amide bonds. The van der Waals surface area contributed by atoms with Crippen molar-refractivity contribution in [2.24, 2.45) is 5.41 Å². The molecule has 98 valence electrons. The largest absolute Gasteiger partial charge is 0.397 e. The first-order chi connectivity index (χ1) is 8.46. The van der Waals surface area contributed by atoms with Crippen molar-refractivity contribution in [3.63, 3.8) is 0 Å². The topological polar surface area (TPSA) is 77.2 Å². The Morgan fingerprint density at radius 3 is 2.89 bits per heavy atom. The number of nitrogens with two attached hydrogens (primary N) is 1. The number of amides is 1. The highest BCUT2D eigenvalue weighted by molar-refractivity contribution is 5.97. The highest BCUT2D eigenvalue weighted by Crippen LogP contribution is 2.42. The maximum Gasteiger partial charge on any atom is 0.272 e. The van der Waals surface area contributed by atoms with E-state index in [0.29, 0.717) is 5.69 Å². The Balaban J connectivity index is 2.04. The van der Waals surface area contributed by atoms with Crippen LogP contribution in [0.15, 0.2) is 18.3 Å². The van der Waals surface area contributed by atoms with Crippen molar-refractivity contribution in [1.29, 1.82) is 0 Å². The van der Waals surface area contributed by atoms with Gasteiger partial charge >= 0.3 is 0 Å². The van der Waals surface area contributed by atoms with Crippen molar-refractivity contribution in [2.45, 2.75) is 32.4 Å². The molecule has 1 aromatic rings. The van der Waals surface area contributed by atoms with Gasteiger partial charge < -0.3 is 15.8 Å². The van der Waals surface area contributed by atoms with Gasteiger partial charge in [0.25, 0.3) is 5.91 Å². The zero-order valence-electron chi connectivity index (χ0n) is 10.9. The van der Waals surface area contributed by atoms with Gasteiger partial charge in [-0.3, -0.25) is 4.79 Å². The van der Waals surface area contributed by atoms with Crippen LogP contribution in [0.4, 0.5) is 5.69 Å². The standard InChI is InChI=1S/C13H19N3O2/c1-13(2)9(7-10(13)18-3)16-12(17)11-8(14)5-4-6-15-11/h4-6,9-10H,7,14H2,1-3H3,(H,16,17). The number of hydrogen-bond acceptors (Lipinski definition) is 4. The minimum Gasteiger partial charge on any atom is -0.397 e. The molecule has 5 heteroatoms. The number of nitrogens with zero attached hydrogens (tertiary/aromatic N) is 1. The Hall–Kier alpha value is -1.62. The summed E-state index contributed by atoms with van der Waals surface area (Å²) in [7, 11) is 1.70. The summed E-state index contributed by atoms with van der Waals surface area (Å²) in [6.45, 7) is 4.16. The van der Waals surface area contributed by atoms with Crippen LogP contribution in [0.2, 0.25) is 0 Å². The van der Waals surface area contributed by atoms with E-state index < -0.39 is 0 Å². The van der Waals surface area contributed by atoms with Gasteiger partial charge in [0.05, 0.1) is 11.8 Å². The Morgan fingerprint density at radius 2 is 2.33 bits per heavy atom. The summed E-state index contributed by atoms with van der Waals surface area (Å²) < 4.78 is 5.35. The molecule has 1 heterocycles. The lowest BCUT2D eigenvalue weighted by Crippen LogP contribution is -2.61. The molecule has 0 radical (unpaired) electrons. The number of rotatable bonds is 3. The average molecular weight is 249 g/mol. The van der Waals surface area contributed by atoms with Crippen LogP contribution in [-0.4, -0.2) is 30.1 Å². The van der Waals surface area contributed by atoms with Gasteiger partial charge in [-0.1, -0.05) is 13.8 Å². The van der Waals surface area contributed by atoms with Gasteiger partial charge in [0.15, 0.2) is 5.69 Å². The maximum atomic E-state index is 12.1. The van der Waals surface area contributed by atoms with E-state index in [9.17, 15) is 4.79 Å². The number of carbonyl (C=O) groups is 1. The fourth-order valence-corrected chi connectivity index (χ4v) is 2.36. The lowest BCUT2D eigenvalue weighted by molar-refractivity contribution is -0.0942. The highest BCUT2D eigenvalue weighted by atomic mass is 16.5. The molecule has 1 aromatic heterocycles. The van der Waals surface area contributed by atoms with Crippen molar-refractivity contribution >= 4 is 11.6 Å². The Labute approximate surface area is 107 Å². The molecular weight excluding hydrogens is 230 g/mol. The number of methoxy groups -OCH3 is 1. The minimum absolute atomic E-state index is 0.0616. The molecule has 3 N–H and O–H groups in total. The molecule has 1 aliphatic carbocycles. The molecule has 2 rings (SSSR count). The number of anilines is 1. The Bertz CT molecular complexity index is 459. The smallest absolute Gasteiger partial charge is 0.272 e. The van der Waals surface area contributed by atoms with E-state index in [1.165, 1.54) is 0 Å². The molecule has 1 saturated carbocycles. The number of nitrogen functional groups attached to an aromatic ring is 1. The van der Waals surface area contributed by atoms with E-state index >= 15 is 0 Å². The zero-order chi connectivity index (χ0) is 13.3. The predicted octanol–water partition coefficient (Wildman–Crippen LogP) is 1.21. The molecular formula is C13H19N3O2. The van der Waals surface area contributed by atoms with Crippen LogP contribution in [-0.2, 0) is 4.74 Å². The predicted molar refractivity (Wildman–Crippen MR) is 69.1 cm³/mol. The van der Waals surface area contributed by atoms with E-state index in [2.05, 4.69) is 24.1 Å². The summed E-state index contributed by atoms with van der Waals surface area (Å²) in [6.07, 6.45) is 2.57. The third-order valence-electron chi connectivity index (χ3n) is 3.82. The molecule has 0 spiro atoms. The summed E-state index contributed by atoms with van der Waals surface area (Å²) in [4.78, 5) is 16.1. The van der Waals surface area contributed by atoms with Crippen LogP contribution in [0.5, 0.6) is 0 Å². The SMILES string of the molecule is COC1CC(NC(=O)c2ncccc2N)C1(C)C. The average Bonchev–Trinajstić information content (AvgIpc) is 2.34. The molecule has 2 atom stereocenters. The second-order valence-electron chi connectivity index (χ2n) is 5.25. The van der Waals surface area contributed by atoms with Crippen LogP contribution in [0, 0.1) is 5.41 Å². The summed E-state index contributed by atoms with van der Waals surface area (Å²) in [5.74, 6) is -0.222. The first-order valence-electron chi connectivity index (χ1n) is 6.01.